The molecule has 96 valence electrons. The van der Waals surface area contributed by atoms with Gasteiger partial charge in [-0.1, -0.05) is 24.3 Å². The normalized spacial score (nSPS) is 10.8. The molecule has 0 fully saturated rings. The quantitative estimate of drug-likeness (QED) is 0.657. The van der Waals surface area contributed by atoms with Crippen LogP contribution in [-0.2, 0) is 6.61 Å². The van der Waals surface area contributed by atoms with Gasteiger partial charge in [-0.25, -0.2) is 4.39 Å². The van der Waals surface area contributed by atoms with E-state index in [4.69, 9.17) is 4.74 Å². The highest BCUT2D eigenvalue weighted by atomic mass is 32.1. The molecule has 0 aliphatic carbocycles. The summed E-state index contributed by atoms with van der Waals surface area (Å²) in [7, 11) is 0. The molecular formula is C16H13FOS. The van der Waals surface area contributed by atoms with Crippen LogP contribution in [0.1, 0.15) is 11.1 Å². The summed E-state index contributed by atoms with van der Waals surface area (Å²) in [6.45, 7) is 2.50. The molecule has 3 rings (SSSR count). The molecule has 0 saturated carbocycles. The summed E-state index contributed by atoms with van der Waals surface area (Å²) in [6.07, 6.45) is 0. The second-order valence-corrected chi connectivity index (χ2v) is 5.36. The molecule has 0 saturated heterocycles. The minimum absolute atomic E-state index is 0.163. The first-order valence-electron chi connectivity index (χ1n) is 6.08. The maximum Gasteiger partial charge on any atom is 0.140 e. The lowest BCUT2D eigenvalue weighted by Gasteiger charge is -2.06. The van der Waals surface area contributed by atoms with Crippen LogP contribution in [-0.4, -0.2) is 0 Å². The predicted molar refractivity (Wildman–Crippen MR) is 77.3 cm³/mol. The molecule has 3 heteroatoms. The van der Waals surface area contributed by atoms with Gasteiger partial charge in [0.1, 0.15) is 18.2 Å². The van der Waals surface area contributed by atoms with Crippen LogP contribution < -0.4 is 4.74 Å². The van der Waals surface area contributed by atoms with Crippen LogP contribution in [0.15, 0.2) is 47.8 Å². The Kier molecular flexibility index (Phi) is 3.22. The molecule has 1 aromatic heterocycles. The van der Waals surface area contributed by atoms with E-state index in [0.29, 0.717) is 11.3 Å². The van der Waals surface area contributed by atoms with Gasteiger partial charge in [0.05, 0.1) is 4.70 Å². The molecule has 19 heavy (non-hydrogen) atoms. The zero-order chi connectivity index (χ0) is 13.2. The number of hydrogen-bond donors (Lipinski definition) is 0. The number of fused-ring (bicyclic) bond motifs is 1. The summed E-state index contributed by atoms with van der Waals surface area (Å²) >= 11 is 1.42. The largest absolute Gasteiger partial charge is 0.489 e. The van der Waals surface area contributed by atoms with Crippen LogP contribution in [0.2, 0.25) is 0 Å². The van der Waals surface area contributed by atoms with E-state index in [0.717, 1.165) is 16.7 Å². The number of hydrogen-bond acceptors (Lipinski definition) is 2. The molecule has 1 heterocycles. The molecule has 0 unspecified atom stereocenters. The van der Waals surface area contributed by atoms with Gasteiger partial charge in [0.25, 0.3) is 0 Å². The topological polar surface area (TPSA) is 9.23 Å². The Balaban J connectivity index is 1.84. The van der Waals surface area contributed by atoms with Gasteiger partial charge in [-0.3, -0.25) is 0 Å². The van der Waals surface area contributed by atoms with Crippen molar-refractivity contribution in [2.75, 3.05) is 0 Å². The van der Waals surface area contributed by atoms with Crippen LogP contribution >= 0.6 is 11.3 Å². The summed E-state index contributed by atoms with van der Waals surface area (Å²) in [5.74, 6) is 0.681. The SMILES string of the molecule is Cc1cccc(OCc2csc3c(F)cccc23)c1. The van der Waals surface area contributed by atoms with Crippen molar-refractivity contribution in [1.82, 2.24) is 0 Å². The standard InChI is InChI=1S/C16H13FOS/c1-11-4-2-5-13(8-11)18-9-12-10-19-16-14(12)6-3-7-15(16)17/h2-8,10H,9H2,1H3. The van der Waals surface area contributed by atoms with E-state index in [2.05, 4.69) is 0 Å². The maximum absolute atomic E-state index is 13.6. The highest BCUT2D eigenvalue weighted by molar-refractivity contribution is 7.17. The lowest BCUT2D eigenvalue weighted by molar-refractivity contribution is 0.308. The predicted octanol–water partition coefficient (Wildman–Crippen LogP) is 4.93. The zero-order valence-corrected chi connectivity index (χ0v) is 11.3. The van der Waals surface area contributed by atoms with E-state index in [9.17, 15) is 4.39 Å². The van der Waals surface area contributed by atoms with E-state index in [1.54, 1.807) is 6.07 Å². The molecule has 0 N–H and O–H groups in total. The molecular weight excluding hydrogens is 259 g/mol. The van der Waals surface area contributed by atoms with Crippen molar-refractivity contribution in [3.8, 4) is 5.75 Å². The van der Waals surface area contributed by atoms with Crippen LogP contribution in [0.5, 0.6) is 5.75 Å². The van der Waals surface area contributed by atoms with Gasteiger partial charge in [-0.15, -0.1) is 11.3 Å². The number of rotatable bonds is 3. The third-order valence-electron chi connectivity index (χ3n) is 3.02. The Morgan fingerprint density at radius 1 is 1.16 bits per heavy atom. The molecule has 0 radical (unpaired) electrons. The number of benzene rings is 2. The third-order valence-corrected chi connectivity index (χ3v) is 4.07. The lowest BCUT2D eigenvalue weighted by atomic mass is 10.2. The molecule has 0 spiro atoms. The van der Waals surface area contributed by atoms with Crippen molar-refractivity contribution in [3.05, 3.63) is 64.8 Å². The molecule has 0 bridgehead atoms. The van der Waals surface area contributed by atoms with Gasteiger partial charge in [-0.05, 0) is 36.1 Å². The molecule has 3 aromatic rings. The summed E-state index contributed by atoms with van der Waals surface area (Å²) in [6, 6.07) is 13.1. The first kappa shape index (κ1) is 12.2. The van der Waals surface area contributed by atoms with Gasteiger partial charge >= 0.3 is 0 Å². The first-order valence-corrected chi connectivity index (χ1v) is 6.96. The van der Waals surface area contributed by atoms with E-state index >= 15 is 0 Å². The number of aryl methyl sites for hydroxylation is 1. The van der Waals surface area contributed by atoms with Gasteiger partial charge in [0.2, 0.25) is 0 Å². The van der Waals surface area contributed by atoms with Crippen molar-refractivity contribution in [2.24, 2.45) is 0 Å². The molecule has 0 amide bonds. The Hall–Kier alpha value is -1.87. The average Bonchev–Trinajstić information content (AvgIpc) is 2.81. The monoisotopic (exact) mass is 272 g/mol. The van der Waals surface area contributed by atoms with E-state index in [-0.39, 0.29) is 5.82 Å². The average molecular weight is 272 g/mol. The summed E-state index contributed by atoms with van der Waals surface area (Å²) < 4.78 is 20.0. The van der Waals surface area contributed by atoms with E-state index in [1.165, 1.54) is 23.0 Å². The second kappa shape index (κ2) is 5.02. The van der Waals surface area contributed by atoms with Crippen LogP contribution in [0.25, 0.3) is 10.1 Å². The van der Waals surface area contributed by atoms with Gasteiger partial charge in [0, 0.05) is 10.9 Å². The van der Waals surface area contributed by atoms with Crippen molar-refractivity contribution in [1.29, 1.82) is 0 Å². The summed E-state index contributed by atoms with van der Waals surface area (Å²) in [5, 5.41) is 2.90. The second-order valence-electron chi connectivity index (χ2n) is 4.48. The van der Waals surface area contributed by atoms with Crippen molar-refractivity contribution in [2.45, 2.75) is 13.5 Å². The maximum atomic E-state index is 13.6. The minimum atomic E-state index is -0.163. The smallest absolute Gasteiger partial charge is 0.140 e. The van der Waals surface area contributed by atoms with Crippen LogP contribution in [0, 0.1) is 12.7 Å². The molecule has 0 aliphatic heterocycles. The first-order chi connectivity index (χ1) is 9.24. The molecule has 0 atom stereocenters. The van der Waals surface area contributed by atoms with E-state index < -0.39 is 0 Å². The fraction of sp³-hybridized carbons (Fsp3) is 0.125. The fourth-order valence-corrected chi connectivity index (χ4v) is 3.01. The van der Waals surface area contributed by atoms with Gasteiger partial charge in [-0.2, -0.15) is 0 Å². The van der Waals surface area contributed by atoms with Crippen LogP contribution in [0.3, 0.4) is 0 Å². The number of ether oxygens (including phenoxy) is 1. The Morgan fingerprint density at radius 2 is 2.00 bits per heavy atom. The summed E-state index contributed by atoms with van der Waals surface area (Å²) in [5.41, 5.74) is 2.19. The van der Waals surface area contributed by atoms with Crippen LogP contribution in [0.4, 0.5) is 4.39 Å². The Morgan fingerprint density at radius 3 is 2.84 bits per heavy atom. The molecule has 2 aromatic carbocycles. The fourth-order valence-electron chi connectivity index (χ4n) is 2.05. The van der Waals surface area contributed by atoms with Gasteiger partial charge < -0.3 is 4.74 Å². The van der Waals surface area contributed by atoms with Crippen molar-refractivity contribution < 1.29 is 9.13 Å². The minimum Gasteiger partial charge on any atom is -0.489 e. The zero-order valence-electron chi connectivity index (χ0n) is 10.5. The molecule has 0 aliphatic rings. The number of halogens is 1. The summed E-state index contributed by atoms with van der Waals surface area (Å²) in [4.78, 5) is 0. The number of thiophene rings is 1. The molecule has 1 nitrogen and oxygen atoms in total. The lowest BCUT2D eigenvalue weighted by Crippen LogP contribution is -1.94. The van der Waals surface area contributed by atoms with Crippen molar-refractivity contribution >= 4 is 21.4 Å². The third kappa shape index (κ3) is 2.47. The van der Waals surface area contributed by atoms with Gasteiger partial charge in [0.15, 0.2) is 0 Å². The van der Waals surface area contributed by atoms with E-state index in [1.807, 2.05) is 42.6 Å². The Labute approximate surface area is 115 Å². The highest BCUT2D eigenvalue weighted by Crippen LogP contribution is 2.29. The Bertz CT molecular complexity index is 718. The highest BCUT2D eigenvalue weighted by Gasteiger charge is 2.08. The van der Waals surface area contributed by atoms with Crippen molar-refractivity contribution in [3.63, 3.8) is 0 Å².